The lowest BCUT2D eigenvalue weighted by atomic mass is 10.0. The number of likely N-dealkylation sites (tertiary alicyclic amines) is 1. The molecule has 2 aromatic rings. The molecule has 1 saturated heterocycles. The molecule has 6 heteroatoms. The summed E-state index contributed by atoms with van der Waals surface area (Å²) in [5.41, 5.74) is 2.21. The Morgan fingerprint density at radius 1 is 1.36 bits per heavy atom. The summed E-state index contributed by atoms with van der Waals surface area (Å²) >= 11 is 11.5. The van der Waals surface area contributed by atoms with Crippen LogP contribution in [0.15, 0.2) is 40.8 Å². The van der Waals surface area contributed by atoms with E-state index in [-0.39, 0.29) is 16.9 Å². The summed E-state index contributed by atoms with van der Waals surface area (Å²) in [5, 5.41) is 3.24. The molecule has 1 aliphatic carbocycles. The van der Waals surface area contributed by atoms with Gasteiger partial charge in [0, 0.05) is 6.54 Å². The number of nitrogens with zero attached hydrogens (tertiary/aromatic N) is 1. The second kappa shape index (κ2) is 6.15. The summed E-state index contributed by atoms with van der Waals surface area (Å²) in [5.74, 6) is -0.0795. The quantitative estimate of drug-likeness (QED) is 0.820. The Morgan fingerprint density at radius 2 is 2.16 bits per heavy atom. The zero-order valence-electron chi connectivity index (χ0n) is 13.9. The van der Waals surface area contributed by atoms with E-state index in [1.807, 2.05) is 6.92 Å². The third-order valence-corrected chi connectivity index (χ3v) is 6.14. The molecule has 4 rings (SSSR count). The predicted molar refractivity (Wildman–Crippen MR) is 101 cm³/mol. The van der Waals surface area contributed by atoms with Crippen molar-refractivity contribution in [3.8, 4) is 0 Å². The summed E-state index contributed by atoms with van der Waals surface area (Å²) in [7, 11) is 0. The number of benzene rings is 1. The van der Waals surface area contributed by atoms with Crippen molar-refractivity contribution in [1.82, 2.24) is 10.2 Å². The number of aryl methyl sites for hydroxylation is 1. The number of carbonyl (C=O) groups excluding carboxylic acids is 1. The maximum Gasteiger partial charge on any atom is 0.287 e. The van der Waals surface area contributed by atoms with Gasteiger partial charge < -0.3 is 14.6 Å². The van der Waals surface area contributed by atoms with Crippen LogP contribution in [-0.2, 0) is 6.42 Å². The van der Waals surface area contributed by atoms with Gasteiger partial charge in [-0.1, -0.05) is 36.5 Å². The number of fused-ring (bicyclic) bond motifs is 1. The molecule has 0 spiro atoms. The van der Waals surface area contributed by atoms with E-state index in [1.54, 1.807) is 12.1 Å². The van der Waals surface area contributed by atoms with Crippen LogP contribution in [0.1, 0.15) is 47.5 Å². The van der Waals surface area contributed by atoms with Gasteiger partial charge >= 0.3 is 0 Å². The van der Waals surface area contributed by atoms with Gasteiger partial charge in [-0.25, -0.2) is 0 Å². The number of nitrogens with one attached hydrogen (secondary N) is 1. The highest BCUT2D eigenvalue weighted by Gasteiger charge is 2.44. The average Bonchev–Trinajstić information content (AvgIpc) is 3.27. The van der Waals surface area contributed by atoms with Gasteiger partial charge in [0.15, 0.2) is 11.0 Å². The first-order valence-corrected chi connectivity index (χ1v) is 9.23. The minimum atomic E-state index is -0.552. The fourth-order valence-corrected chi connectivity index (χ4v) is 4.41. The van der Waals surface area contributed by atoms with Crippen LogP contribution >= 0.6 is 23.8 Å². The van der Waals surface area contributed by atoms with Crippen LogP contribution in [-0.4, -0.2) is 27.9 Å². The molecule has 0 radical (unpaired) electrons. The Balaban J connectivity index is 1.52. The predicted octanol–water partition coefficient (Wildman–Crippen LogP) is 4.14. The van der Waals surface area contributed by atoms with Crippen LogP contribution in [0.3, 0.4) is 0 Å². The van der Waals surface area contributed by atoms with Crippen LogP contribution in [0.5, 0.6) is 0 Å². The molecule has 2 aliphatic rings. The summed E-state index contributed by atoms with van der Waals surface area (Å²) in [6.45, 7) is 2.83. The minimum absolute atomic E-state index is 0.202. The third kappa shape index (κ3) is 2.85. The highest BCUT2D eigenvalue weighted by Crippen LogP contribution is 2.40. The first-order valence-electron chi connectivity index (χ1n) is 8.45. The molecule has 1 aromatic heterocycles. The van der Waals surface area contributed by atoms with Crippen molar-refractivity contribution < 1.29 is 9.21 Å². The third-order valence-electron chi connectivity index (χ3n) is 5.25. The Bertz CT molecular complexity index is 849. The number of rotatable bonds is 3. The van der Waals surface area contributed by atoms with E-state index in [2.05, 4.69) is 34.5 Å². The van der Waals surface area contributed by atoms with E-state index in [1.165, 1.54) is 11.1 Å². The molecule has 2 atom stereocenters. The molecule has 1 amide bonds. The standard InChI is InChI=1S/C19H19ClN2O2S/c1-19(21-17(23)15-8-9-16(20)24-15)10-11-22(18(19)25)14-7-6-12-4-2-3-5-13(12)14/h2-5,8-9,14H,6-7,10-11H2,1H3,(H,21,23)/t14-,19+/m1/s1. The van der Waals surface area contributed by atoms with Crippen molar-refractivity contribution >= 4 is 34.7 Å². The van der Waals surface area contributed by atoms with Crippen molar-refractivity contribution in [2.45, 2.75) is 37.8 Å². The van der Waals surface area contributed by atoms with Gasteiger partial charge in [-0.2, -0.15) is 0 Å². The molecule has 2 heterocycles. The summed E-state index contributed by atoms with van der Waals surface area (Å²) in [4.78, 5) is 15.5. The summed E-state index contributed by atoms with van der Waals surface area (Å²) < 4.78 is 5.21. The average molecular weight is 375 g/mol. The van der Waals surface area contributed by atoms with E-state index in [4.69, 9.17) is 28.2 Å². The number of amides is 1. The number of thiocarbonyl (C=S) groups is 1. The molecule has 0 bridgehead atoms. The number of carbonyl (C=O) groups is 1. The van der Waals surface area contributed by atoms with E-state index in [9.17, 15) is 4.79 Å². The maximum atomic E-state index is 12.4. The second-order valence-electron chi connectivity index (χ2n) is 6.89. The monoisotopic (exact) mass is 374 g/mol. The van der Waals surface area contributed by atoms with Crippen LogP contribution in [0.25, 0.3) is 0 Å². The van der Waals surface area contributed by atoms with E-state index >= 15 is 0 Å². The van der Waals surface area contributed by atoms with Gasteiger partial charge in [-0.15, -0.1) is 0 Å². The summed E-state index contributed by atoms with van der Waals surface area (Å²) in [6, 6.07) is 12.0. The van der Waals surface area contributed by atoms with E-state index in [0.717, 1.165) is 30.8 Å². The Hall–Kier alpha value is -1.85. The zero-order valence-corrected chi connectivity index (χ0v) is 15.5. The Morgan fingerprint density at radius 3 is 2.92 bits per heavy atom. The summed E-state index contributed by atoms with van der Waals surface area (Å²) in [6.07, 6.45) is 2.93. The fourth-order valence-electron chi connectivity index (χ4n) is 3.89. The van der Waals surface area contributed by atoms with Crippen molar-refractivity contribution in [3.05, 3.63) is 58.5 Å². The van der Waals surface area contributed by atoms with Gasteiger partial charge in [0.05, 0.1) is 11.6 Å². The van der Waals surface area contributed by atoms with Crippen LogP contribution in [0.4, 0.5) is 0 Å². The van der Waals surface area contributed by atoms with Crippen LogP contribution in [0.2, 0.25) is 5.22 Å². The molecule has 4 nitrogen and oxygen atoms in total. The number of furan rings is 1. The fraction of sp³-hybridized carbons (Fsp3) is 0.368. The molecular formula is C19H19ClN2O2S. The number of hydrogen-bond acceptors (Lipinski definition) is 3. The molecule has 1 N–H and O–H groups in total. The SMILES string of the molecule is C[C@]1(NC(=O)c2ccc(Cl)o2)CCN([C@@H]2CCc3ccccc32)C1=S. The Kier molecular flexibility index (Phi) is 4.08. The second-order valence-corrected chi connectivity index (χ2v) is 7.65. The van der Waals surface area contributed by atoms with Gasteiger partial charge in [0.25, 0.3) is 5.91 Å². The topological polar surface area (TPSA) is 45.5 Å². The van der Waals surface area contributed by atoms with Gasteiger partial charge in [-0.3, -0.25) is 4.79 Å². The van der Waals surface area contributed by atoms with E-state index < -0.39 is 5.54 Å². The maximum absolute atomic E-state index is 12.4. The van der Waals surface area contributed by atoms with Crippen molar-refractivity contribution in [2.24, 2.45) is 0 Å². The molecule has 0 saturated carbocycles. The van der Waals surface area contributed by atoms with Gasteiger partial charge in [0.1, 0.15) is 4.99 Å². The molecule has 1 aliphatic heterocycles. The molecule has 25 heavy (non-hydrogen) atoms. The van der Waals surface area contributed by atoms with Crippen molar-refractivity contribution in [1.29, 1.82) is 0 Å². The molecule has 130 valence electrons. The highest BCUT2D eigenvalue weighted by atomic mass is 35.5. The van der Waals surface area contributed by atoms with Gasteiger partial charge in [-0.05, 0) is 61.0 Å². The minimum Gasteiger partial charge on any atom is -0.440 e. The first kappa shape index (κ1) is 16.6. The normalized spacial score (nSPS) is 25.3. The van der Waals surface area contributed by atoms with Gasteiger partial charge in [0.2, 0.25) is 0 Å². The smallest absolute Gasteiger partial charge is 0.287 e. The van der Waals surface area contributed by atoms with Crippen LogP contribution in [0, 0.1) is 0 Å². The first-order chi connectivity index (χ1) is 12.0. The molecule has 1 aromatic carbocycles. The molecule has 1 fully saturated rings. The lowest BCUT2D eigenvalue weighted by Gasteiger charge is -2.31. The number of halogens is 1. The largest absolute Gasteiger partial charge is 0.440 e. The molecular weight excluding hydrogens is 356 g/mol. The molecule has 0 unspecified atom stereocenters. The Labute approximate surface area is 157 Å². The van der Waals surface area contributed by atoms with E-state index in [0.29, 0.717) is 6.04 Å². The lowest BCUT2D eigenvalue weighted by molar-refractivity contribution is 0.0900. The number of hydrogen-bond donors (Lipinski definition) is 1. The highest BCUT2D eigenvalue weighted by molar-refractivity contribution is 7.80. The zero-order chi connectivity index (χ0) is 17.6. The van der Waals surface area contributed by atoms with Crippen molar-refractivity contribution in [3.63, 3.8) is 0 Å². The van der Waals surface area contributed by atoms with Crippen molar-refractivity contribution in [2.75, 3.05) is 6.54 Å². The lowest BCUT2D eigenvalue weighted by Crippen LogP contribution is -2.51. The van der Waals surface area contributed by atoms with Crippen LogP contribution < -0.4 is 5.32 Å².